The van der Waals surface area contributed by atoms with E-state index in [0.29, 0.717) is 17.7 Å². The van der Waals surface area contributed by atoms with E-state index in [4.69, 9.17) is 0 Å². The van der Waals surface area contributed by atoms with E-state index in [0.717, 1.165) is 5.69 Å². The summed E-state index contributed by atoms with van der Waals surface area (Å²) in [6, 6.07) is 5.92. The number of hydrogen-bond donors (Lipinski definition) is 2. The summed E-state index contributed by atoms with van der Waals surface area (Å²) in [5, 5.41) is 16.1. The number of nitrogens with one attached hydrogen (secondary N) is 1. The van der Waals surface area contributed by atoms with Gasteiger partial charge >= 0.3 is 0 Å². The zero-order chi connectivity index (χ0) is 15.4. The summed E-state index contributed by atoms with van der Waals surface area (Å²) in [4.78, 5) is 12.1. The second-order valence-corrected chi connectivity index (χ2v) is 4.81. The number of halogens is 1. The van der Waals surface area contributed by atoms with Crippen LogP contribution in [-0.4, -0.2) is 33.4 Å². The quantitative estimate of drug-likeness (QED) is 0.881. The highest BCUT2D eigenvalue weighted by atomic mass is 19.1. The predicted octanol–water partition coefficient (Wildman–Crippen LogP) is 1.68. The summed E-state index contributed by atoms with van der Waals surface area (Å²) in [5.74, 6) is -0.597. The highest BCUT2D eigenvalue weighted by molar-refractivity contribution is 5.95. The number of benzene rings is 1. The Morgan fingerprint density at radius 3 is 2.67 bits per heavy atom. The van der Waals surface area contributed by atoms with Gasteiger partial charge in [-0.25, -0.2) is 9.07 Å². The van der Waals surface area contributed by atoms with Crippen molar-refractivity contribution < 1.29 is 14.3 Å². The third-order valence-corrected chi connectivity index (χ3v) is 3.08. The Balaban J connectivity index is 2.29. The lowest BCUT2D eigenvalue weighted by Crippen LogP contribution is -2.31. The van der Waals surface area contributed by atoms with Crippen molar-refractivity contribution in [2.75, 3.05) is 6.54 Å². The molecule has 0 saturated heterocycles. The maximum absolute atomic E-state index is 13.0. The Morgan fingerprint density at radius 2 is 2.10 bits per heavy atom. The smallest absolute Gasteiger partial charge is 0.254 e. The number of nitrogens with zero attached hydrogens (tertiary/aromatic N) is 2. The lowest BCUT2D eigenvalue weighted by Gasteiger charge is -2.09. The molecule has 5 nitrogen and oxygen atoms in total. The van der Waals surface area contributed by atoms with Gasteiger partial charge in [0.1, 0.15) is 5.82 Å². The minimum Gasteiger partial charge on any atom is -0.392 e. The number of aliphatic hydroxyl groups is 1. The Hall–Kier alpha value is -2.21. The fourth-order valence-corrected chi connectivity index (χ4v) is 2.04. The Kier molecular flexibility index (Phi) is 4.70. The van der Waals surface area contributed by atoms with E-state index >= 15 is 0 Å². The summed E-state index contributed by atoms with van der Waals surface area (Å²) in [7, 11) is 0. The molecule has 0 radical (unpaired) electrons. The Labute approximate surface area is 122 Å². The second-order valence-electron chi connectivity index (χ2n) is 4.81. The molecule has 6 heteroatoms. The van der Waals surface area contributed by atoms with E-state index in [9.17, 15) is 14.3 Å². The normalized spacial score (nSPS) is 12.2. The molecule has 0 spiro atoms. The third kappa shape index (κ3) is 3.46. The van der Waals surface area contributed by atoms with Crippen LogP contribution in [0.15, 0.2) is 30.5 Å². The van der Waals surface area contributed by atoms with Crippen molar-refractivity contribution in [3.8, 4) is 5.69 Å². The molecule has 0 aliphatic carbocycles. The maximum atomic E-state index is 13.0. The molecule has 0 bridgehead atoms. The number of amides is 1. The summed E-state index contributed by atoms with van der Waals surface area (Å²) < 4.78 is 14.6. The monoisotopic (exact) mass is 291 g/mol. The van der Waals surface area contributed by atoms with Gasteiger partial charge in [0, 0.05) is 6.54 Å². The zero-order valence-corrected chi connectivity index (χ0v) is 12.0. The molecule has 112 valence electrons. The van der Waals surface area contributed by atoms with Crippen LogP contribution in [0.3, 0.4) is 0 Å². The fraction of sp³-hybridized carbons (Fsp3) is 0.333. The van der Waals surface area contributed by atoms with E-state index < -0.39 is 6.10 Å². The lowest BCUT2D eigenvalue weighted by atomic mass is 10.2. The minimum atomic E-state index is -0.605. The van der Waals surface area contributed by atoms with Gasteiger partial charge in [-0.15, -0.1) is 0 Å². The molecule has 1 aromatic heterocycles. The second kappa shape index (κ2) is 6.49. The van der Waals surface area contributed by atoms with E-state index in [1.807, 2.05) is 6.92 Å². The van der Waals surface area contributed by atoms with E-state index in [-0.39, 0.29) is 18.3 Å². The van der Waals surface area contributed by atoms with Crippen molar-refractivity contribution >= 4 is 5.91 Å². The largest absolute Gasteiger partial charge is 0.392 e. The summed E-state index contributed by atoms with van der Waals surface area (Å²) in [6.45, 7) is 3.70. The van der Waals surface area contributed by atoms with Gasteiger partial charge in [0.05, 0.1) is 29.2 Å². The fourth-order valence-electron chi connectivity index (χ4n) is 2.04. The predicted molar refractivity (Wildman–Crippen MR) is 76.9 cm³/mol. The molecule has 1 atom stereocenters. The first-order valence-corrected chi connectivity index (χ1v) is 6.82. The number of rotatable bonds is 5. The summed E-state index contributed by atoms with van der Waals surface area (Å²) >= 11 is 0. The number of aliphatic hydroxyl groups excluding tert-OH is 1. The Bertz CT molecular complexity index is 620. The first kappa shape index (κ1) is 15.2. The van der Waals surface area contributed by atoms with Gasteiger partial charge in [-0.05, 0) is 37.6 Å². The number of aromatic nitrogens is 2. The van der Waals surface area contributed by atoms with Gasteiger partial charge < -0.3 is 10.4 Å². The molecule has 2 rings (SSSR count). The van der Waals surface area contributed by atoms with E-state index in [1.165, 1.54) is 18.3 Å². The SMILES string of the molecule is CCc1c(C(=O)NCC(C)O)cnn1-c1ccc(F)cc1. The Morgan fingerprint density at radius 1 is 1.43 bits per heavy atom. The highest BCUT2D eigenvalue weighted by Crippen LogP contribution is 2.16. The van der Waals surface area contributed by atoms with Gasteiger partial charge in [-0.1, -0.05) is 6.92 Å². The minimum absolute atomic E-state index is 0.184. The molecule has 2 N–H and O–H groups in total. The lowest BCUT2D eigenvalue weighted by molar-refractivity contribution is 0.0923. The van der Waals surface area contributed by atoms with Crippen molar-refractivity contribution in [3.63, 3.8) is 0 Å². The highest BCUT2D eigenvalue weighted by Gasteiger charge is 2.17. The molecule has 1 unspecified atom stereocenters. The van der Waals surface area contributed by atoms with Crippen molar-refractivity contribution in [2.45, 2.75) is 26.4 Å². The molecule has 21 heavy (non-hydrogen) atoms. The zero-order valence-electron chi connectivity index (χ0n) is 12.0. The van der Waals surface area contributed by atoms with Crippen LogP contribution in [0.4, 0.5) is 4.39 Å². The van der Waals surface area contributed by atoms with E-state index in [2.05, 4.69) is 10.4 Å². The molecule has 2 aromatic rings. The van der Waals surface area contributed by atoms with Gasteiger partial charge in [0.15, 0.2) is 0 Å². The molecule has 1 aromatic carbocycles. The van der Waals surface area contributed by atoms with Gasteiger partial charge in [-0.3, -0.25) is 4.79 Å². The molecule has 0 fully saturated rings. The number of hydrogen-bond acceptors (Lipinski definition) is 3. The molecular weight excluding hydrogens is 273 g/mol. The van der Waals surface area contributed by atoms with Crippen LogP contribution in [0.5, 0.6) is 0 Å². The maximum Gasteiger partial charge on any atom is 0.254 e. The van der Waals surface area contributed by atoms with E-state index in [1.54, 1.807) is 23.7 Å². The van der Waals surface area contributed by atoms with Gasteiger partial charge in [0.25, 0.3) is 5.91 Å². The molecule has 1 amide bonds. The van der Waals surface area contributed by atoms with Crippen LogP contribution in [0.2, 0.25) is 0 Å². The first-order valence-electron chi connectivity index (χ1n) is 6.82. The van der Waals surface area contributed by atoms with Crippen LogP contribution in [0.1, 0.15) is 29.9 Å². The topological polar surface area (TPSA) is 67.2 Å². The number of carbonyl (C=O) groups excluding carboxylic acids is 1. The van der Waals surface area contributed by atoms with Crippen molar-refractivity contribution in [3.05, 3.63) is 47.5 Å². The van der Waals surface area contributed by atoms with Crippen LogP contribution in [0, 0.1) is 5.82 Å². The summed E-state index contributed by atoms with van der Waals surface area (Å²) in [6.07, 6.45) is 1.49. The molecule has 0 aliphatic rings. The van der Waals surface area contributed by atoms with Gasteiger partial charge in [-0.2, -0.15) is 5.10 Å². The van der Waals surface area contributed by atoms with Crippen LogP contribution in [-0.2, 0) is 6.42 Å². The van der Waals surface area contributed by atoms with Crippen molar-refractivity contribution in [1.29, 1.82) is 0 Å². The standard InChI is InChI=1S/C15H18FN3O2/c1-3-14-13(15(21)17-8-10(2)20)9-18-19(14)12-6-4-11(16)5-7-12/h4-7,9-10,20H,3,8H2,1-2H3,(H,17,21). The third-order valence-electron chi connectivity index (χ3n) is 3.08. The number of carbonyl (C=O) groups is 1. The first-order chi connectivity index (χ1) is 10.0. The molecule has 0 aliphatic heterocycles. The average Bonchev–Trinajstić information content (AvgIpc) is 2.89. The molecular formula is C15H18FN3O2. The van der Waals surface area contributed by atoms with Crippen molar-refractivity contribution in [1.82, 2.24) is 15.1 Å². The summed E-state index contributed by atoms with van der Waals surface area (Å²) in [5.41, 5.74) is 1.90. The van der Waals surface area contributed by atoms with Crippen molar-refractivity contribution in [2.24, 2.45) is 0 Å². The molecule has 1 heterocycles. The van der Waals surface area contributed by atoms with Crippen LogP contribution in [0.25, 0.3) is 5.69 Å². The average molecular weight is 291 g/mol. The van der Waals surface area contributed by atoms with Crippen LogP contribution < -0.4 is 5.32 Å². The van der Waals surface area contributed by atoms with Gasteiger partial charge in [0.2, 0.25) is 0 Å². The molecule has 0 saturated carbocycles. The van der Waals surface area contributed by atoms with Crippen LogP contribution >= 0.6 is 0 Å².